The molecular weight excluding hydrogens is 201 g/mol. The average molecular weight is 223 g/mol. The first-order chi connectivity index (χ1) is 7.35. The predicted octanol–water partition coefficient (Wildman–Crippen LogP) is 1.60. The average Bonchev–Trinajstić information content (AvgIpc) is 2.54. The Labute approximate surface area is 98.2 Å². The van der Waals surface area contributed by atoms with Crippen molar-refractivity contribution in [3.05, 3.63) is 0 Å². The van der Waals surface area contributed by atoms with Crippen LogP contribution in [0.5, 0.6) is 0 Å². The van der Waals surface area contributed by atoms with Crippen LogP contribution < -0.4 is 5.73 Å². The van der Waals surface area contributed by atoms with Crippen LogP contribution in [0.1, 0.15) is 40.5 Å². The third-order valence-electron chi connectivity index (χ3n) is 5.40. The third-order valence-corrected chi connectivity index (χ3v) is 5.40. The molecular formula is C12H22BNO2. The highest BCUT2D eigenvalue weighted by Crippen LogP contribution is 2.65. The molecule has 1 aliphatic heterocycles. The number of nitrogens with two attached hydrogens (primary N) is 1. The van der Waals surface area contributed by atoms with Crippen molar-refractivity contribution in [3.63, 3.8) is 0 Å². The molecule has 1 saturated heterocycles. The van der Waals surface area contributed by atoms with Crippen molar-refractivity contribution in [2.75, 3.05) is 0 Å². The second kappa shape index (κ2) is 3.03. The minimum Gasteiger partial charge on any atom is -0.404 e. The van der Waals surface area contributed by atoms with Crippen molar-refractivity contribution in [3.8, 4) is 0 Å². The molecule has 16 heavy (non-hydrogen) atoms. The van der Waals surface area contributed by atoms with Gasteiger partial charge in [-0.25, -0.2) is 0 Å². The number of hydrogen-bond acceptors (Lipinski definition) is 3. The Morgan fingerprint density at radius 1 is 1.31 bits per heavy atom. The van der Waals surface area contributed by atoms with Crippen LogP contribution in [-0.2, 0) is 9.31 Å². The van der Waals surface area contributed by atoms with Crippen LogP contribution in [0.15, 0.2) is 0 Å². The third kappa shape index (κ3) is 1.16. The lowest BCUT2D eigenvalue weighted by molar-refractivity contribution is -0.199. The van der Waals surface area contributed by atoms with Gasteiger partial charge in [0.2, 0.25) is 0 Å². The van der Waals surface area contributed by atoms with E-state index < -0.39 is 0 Å². The van der Waals surface area contributed by atoms with Crippen LogP contribution in [0.4, 0.5) is 0 Å². The minimum atomic E-state index is -0.204. The molecule has 0 aromatic heterocycles. The summed E-state index contributed by atoms with van der Waals surface area (Å²) in [5.41, 5.74) is 6.20. The summed E-state index contributed by atoms with van der Waals surface area (Å²) in [5.74, 6) is 1.40. The minimum absolute atomic E-state index is 0.0391. The molecule has 2 bridgehead atoms. The number of rotatable bonds is 1. The van der Waals surface area contributed by atoms with E-state index >= 15 is 0 Å². The molecule has 3 saturated carbocycles. The van der Waals surface area contributed by atoms with Gasteiger partial charge in [0, 0.05) is 5.94 Å². The highest BCUT2D eigenvalue weighted by molar-refractivity contribution is 6.47. The molecule has 0 aromatic rings. The molecule has 2 N–H and O–H groups in total. The highest BCUT2D eigenvalue weighted by Gasteiger charge is 2.68. The topological polar surface area (TPSA) is 44.5 Å². The fraction of sp³-hybridized carbons (Fsp3) is 1.00. The lowest BCUT2D eigenvalue weighted by atomic mass is 9.43. The van der Waals surface area contributed by atoms with Gasteiger partial charge in [-0.2, -0.15) is 0 Å². The van der Waals surface area contributed by atoms with Crippen LogP contribution in [0.25, 0.3) is 0 Å². The maximum absolute atomic E-state index is 6.15. The molecule has 3 nitrogen and oxygen atoms in total. The Hall–Kier alpha value is -0.0551. The van der Waals surface area contributed by atoms with Gasteiger partial charge in [-0.15, -0.1) is 0 Å². The molecule has 0 aromatic carbocycles. The van der Waals surface area contributed by atoms with Crippen molar-refractivity contribution in [1.29, 1.82) is 0 Å². The lowest BCUT2D eigenvalue weighted by Gasteiger charge is -2.64. The highest BCUT2D eigenvalue weighted by atomic mass is 16.7. The van der Waals surface area contributed by atoms with E-state index in [0.29, 0.717) is 11.3 Å². The smallest absolute Gasteiger partial charge is 0.404 e. The van der Waals surface area contributed by atoms with Crippen molar-refractivity contribution in [1.82, 2.24) is 0 Å². The van der Waals surface area contributed by atoms with Crippen molar-refractivity contribution >= 4 is 7.12 Å². The zero-order valence-electron chi connectivity index (χ0n) is 10.7. The summed E-state index contributed by atoms with van der Waals surface area (Å²) in [4.78, 5) is 0. The molecule has 1 unspecified atom stereocenters. The maximum atomic E-state index is 6.15. The molecule has 0 spiro atoms. The molecule has 5 atom stereocenters. The van der Waals surface area contributed by atoms with Gasteiger partial charge in [0.1, 0.15) is 0 Å². The van der Waals surface area contributed by atoms with E-state index in [4.69, 9.17) is 15.0 Å². The van der Waals surface area contributed by atoms with Gasteiger partial charge in [0.25, 0.3) is 0 Å². The van der Waals surface area contributed by atoms with Gasteiger partial charge in [0.05, 0.1) is 11.7 Å². The molecule has 0 amide bonds. The molecule has 90 valence electrons. The van der Waals surface area contributed by atoms with E-state index in [0.717, 1.165) is 12.3 Å². The van der Waals surface area contributed by atoms with Gasteiger partial charge in [0.15, 0.2) is 0 Å². The zero-order chi connectivity index (χ0) is 11.7. The first kappa shape index (κ1) is 11.1. The van der Waals surface area contributed by atoms with Crippen LogP contribution in [0, 0.1) is 17.3 Å². The Morgan fingerprint density at radius 2 is 2.00 bits per heavy atom. The Kier molecular flexibility index (Phi) is 2.10. The second-order valence-electron chi connectivity index (χ2n) is 6.70. The van der Waals surface area contributed by atoms with Crippen LogP contribution in [0.2, 0.25) is 0 Å². The fourth-order valence-corrected chi connectivity index (χ4v) is 4.13. The van der Waals surface area contributed by atoms with E-state index in [9.17, 15) is 0 Å². The SMILES string of the molecule is C[C@H](N)B1O[C@@H]2CC3C[C@@H](C3(C)C)[C@]2(C)O1. The Morgan fingerprint density at radius 3 is 2.56 bits per heavy atom. The van der Waals surface area contributed by atoms with Crippen molar-refractivity contribution in [2.24, 2.45) is 23.0 Å². The van der Waals surface area contributed by atoms with Crippen molar-refractivity contribution in [2.45, 2.75) is 58.2 Å². The van der Waals surface area contributed by atoms with Gasteiger partial charge in [-0.05, 0) is 37.0 Å². The summed E-state index contributed by atoms with van der Waals surface area (Å²) in [6.07, 6.45) is 2.71. The van der Waals surface area contributed by atoms with E-state index in [-0.39, 0.29) is 24.8 Å². The van der Waals surface area contributed by atoms with Crippen molar-refractivity contribution < 1.29 is 9.31 Å². The lowest BCUT2D eigenvalue weighted by Crippen LogP contribution is -2.65. The fourth-order valence-electron chi connectivity index (χ4n) is 4.13. The summed E-state index contributed by atoms with van der Waals surface area (Å²) >= 11 is 0. The monoisotopic (exact) mass is 223 g/mol. The molecule has 4 aliphatic rings. The molecule has 1 heterocycles. The number of hydrogen-bond donors (Lipinski definition) is 1. The molecule has 4 heteroatoms. The first-order valence-electron chi connectivity index (χ1n) is 6.44. The van der Waals surface area contributed by atoms with E-state index in [1.54, 1.807) is 0 Å². The van der Waals surface area contributed by atoms with Crippen LogP contribution in [0.3, 0.4) is 0 Å². The Balaban J connectivity index is 1.87. The molecule has 0 radical (unpaired) electrons. The first-order valence-corrected chi connectivity index (χ1v) is 6.44. The summed E-state index contributed by atoms with van der Waals surface area (Å²) in [6.45, 7) is 8.93. The molecule has 3 aliphatic carbocycles. The quantitative estimate of drug-likeness (QED) is 0.686. The molecule has 4 rings (SSSR count). The van der Waals surface area contributed by atoms with Crippen LogP contribution in [-0.4, -0.2) is 24.8 Å². The van der Waals surface area contributed by atoms with Gasteiger partial charge in [-0.1, -0.05) is 20.8 Å². The van der Waals surface area contributed by atoms with E-state index in [2.05, 4.69) is 20.8 Å². The van der Waals surface area contributed by atoms with Gasteiger partial charge in [-0.3, -0.25) is 0 Å². The molecule has 4 fully saturated rings. The standard InChI is InChI=1S/C12H22BNO2/c1-7(14)13-15-10-6-8-5-9(11(8,2)3)12(10,4)16-13/h7-10H,5-6,14H2,1-4H3/t7-,8?,9-,10+,12-/m0/s1. The summed E-state index contributed by atoms with van der Waals surface area (Å²) in [7, 11) is -0.204. The van der Waals surface area contributed by atoms with E-state index in [1.807, 2.05) is 6.92 Å². The largest absolute Gasteiger partial charge is 0.475 e. The second-order valence-corrected chi connectivity index (χ2v) is 6.70. The normalized spacial score (nSPS) is 50.8. The summed E-state index contributed by atoms with van der Waals surface area (Å²) in [6, 6.07) is 0. The Bertz CT molecular complexity index is 320. The van der Waals surface area contributed by atoms with Gasteiger partial charge >= 0.3 is 7.12 Å². The van der Waals surface area contributed by atoms with Gasteiger partial charge < -0.3 is 15.0 Å². The van der Waals surface area contributed by atoms with Crippen LogP contribution >= 0.6 is 0 Å². The van der Waals surface area contributed by atoms with E-state index in [1.165, 1.54) is 6.42 Å². The summed E-state index contributed by atoms with van der Waals surface area (Å²) < 4.78 is 12.1. The predicted molar refractivity (Wildman–Crippen MR) is 63.8 cm³/mol. The summed E-state index contributed by atoms with van der Waals surface area (Å²) in [5, 5.41) is 0. The zero-order valence-corrected chi connectivity index (χ0v) is 10.7. The maximum Gasteiger partial charge on any atom is 0.475 e.